The van der Waals surface area contributed by atoms with Gasteiger partial charge in [0.25, 0.3) is 0 Å². The highest BCUT2D eigenvalue weighted by molar-refractivity contribution is 7.90. The second-order valence-corrected chi connectivity index (χ2v) is 10.5. The molecule has 1 N–H and O–H groups in total. The van der Waals surface area contributed by atoms with Gasteiger partial charge in [-0.05, 0) is 50.2 Å². The monoisotopic (exact) mass is 495 g/mol. The molecule has 0 radical (unpaired) electrons. The molecule has 7 nitrogen and oxygen atoms in total. The molecule has 11 heteroatoms. The van der Waals surface area contributed by atoms with E-state index < -0.39 is 27.8 Å². The number of hydrogen-bond donors (Lipinski definition) is 1. The molecule has 1 aliphatic heterocycles. The van der Waals surface area contributed by atoms with Crippen molar-refractivity contribution >= 4 is 9.84 Å². The summed E-state index contributed by atoms with van der Waals surface area (Å²) in [6, 6.07) is 9.25. The van der Waals surface area contributed by atoms with Crippen molar-refractivity contribution in [2.45, 2.75) is 50.3 Å². The third-order valence-electron chi connectivity index (χ3n) is 5.44. The minimum Gasteiger partial charge on any atom is -0.491 e. The van der Waals surface area contributed by atoms with E-state index in [0.717, 1.165) is 24.0 Å². The largest absolute Gasteiger partial charge is 0.491 e. The van der Waals surface area contributed by atoms with E-state index in [1.807, 2.05) is 13.8 Å². The summed E-state index contributed by atoms with van der Waals surface area (Å²) in [4.78, 5) is 1.74. The standard InChI is InChI=1S/C23H24F3N3O4S/c1-14(2)33-21-8-7-18(34(3,31)32)10-19(21)22(30)28-11-15-12-29(27-20(15)13-28)17-6-4-5-16(9-17)23(24,25)26/h4-10,12,14,22,30H,11,13H2,1-3H3. The quantitative estimate of drug-likeness (QED) is 0.555. The predicted molar refractivity (Wildman–Crippen MR) is 118 cm³/mol. The van der Waals surface area contributed by atoms with Crippen LogP contribution in [-0.2, 0) is 29.1 Å². The number of benzene rings is 2. The highest BCUT2D eigenvalue weighted by atomic mass is 32.2. The molecule has 0 aliphatic carbocycles. The minimum absolute atomic E-state index is 0.0596. The first-order valence-corrected chi connectivity index (χ1v) is 12.4. The Labute approximate surface area is 195 Å². The van der Waals surface area contributed by atoms with Gasteiger partial charge < -0.3 is 9.84 Å². The van der Waals surface area contributed by atoms with Gasteiger partial charge in [-0.15, -0.1) is 0 Å². The molecular formula is C23H24F3N3O4S. The molecule has 0 saturated carbocycles. The first-order valence-electron chi connectivity index (χ1n) is 10.5. The average Bonchev–Trinajstić information content (AvgIpc) is 3.31. The van der Waals surface area contributed by atoms with Crippen molar-refractivity contribution in [2.24, 2.45) is 0 Å². The molecule has 0 saturated heterocycles. The van der Waals surface area contributed by atoms with E-state index in [1.54, 1.807) is 11.1 Å². The molecule has 0 spiro atoms. The first-order chi connectivity index (χ1) is 15.8. The van der Waals surface area contributed by atoms with E-state index in [-0.39, 0.29) is 29.8 Å². The fourth-order valence-electron chi connectivity index (χ4n) is 3.82. The lowest BCUT2D eigenvalue weighted by atomic mass is 10.1. The summed E-state index contributed by atoms with van der Waals surface area (Å²) in [5.41, 5.74) is 1.20. The lowest BCUT2D eigenvalue weighted by molar-refractivity contribution is -0.137. The first kappa shape index (κ1) is 24.2. The molecule has 0 amide bonds. The summed E-state index contributed by atoms with van der Waals surface area (Å²) < 4.78 is 70.4. The fraction of sp³-hybridized carbons (Fsp3) is 0.348. The average molecular weight is 496 g/mol. The fourth-order valence-corrected chi connectivity index (χ4v) is 4.48. The van der Waals surface area contributed by atoms with E-state index in [2.05, 4.69) is 5.10 Å². The molecular weight excluding hydrogens is 471 g/mol. The zero-order valence-corrected chi connectivity index (χ0v) is 19.6. The molecule has 4 rings (SSSR count). The Hall–Kier alpha value is -2.89. The summed E-state index contributed by atoms with van der Waals surface area (Å²) >= 11 is 0. The highest BCUT2D eigenvalue weighted by Gasteiger charge is 2.32. The van der Waals surface area contributed by atoms with Crippen molar-refractivity contribution in [1.29, 1.82) is 0 Å². The van der Waals surface area contributed by atoms with Crippen LogP contribution in [0.3, 0.4) is 0 Å². The molecule has 3 aromatic rings. The lowest BCUT2D eigenvalue weighted by Gasteiger charge is -2.26. The molecule has 34 heavy (non-hydrogen) atoms. The van der Waals surface area contributed by atoms with Gasteiger partial charge >= 0.3 is 6.18 Å². The van der Waals surface area contributed by atoms with Crippen molar-refractivity contribution in [1.82, 2.24) is 14.7 Å². The smallest absolute Gasteiger partial charge is 0.416 e. The Kier molecular flexibility index (Phi) is 6.21. The van der Waals surface area contributed by atoms with Crippen molar-refractivity contribution < 1.29 is 31.4 Å². The normalized spacial score (nSPS) is 15.5. The Bertz CT molecular complexity index is 1300. The Morgan fingerprint density at radius 1 is 1.12 bits per heavy atom. The molecule has 1 aromatic heterocycles. The van der Waals surface area contributed by atoms with Gasteiger partial charge in [0.1, 0.15) is 12.0 Å². The molecule has 1 atom stereocenters. The summed E-state index contributed by atoms with van der Waals surface area (Å²) in [6.07, 6.45) is -3.10. The van der Waals surface area contributed by atoms with Crippen molar-refractivity contribution in [3.63, 3.8) is 0 Å². The lowest BCUT2D eigenvalue weighted by Crippen LogP contribution is -2.25. The third kappa shape index (κ3) is 4.96. The number of sulfone groups is 1. The van der Waals surface area contributed by atoms with Crippen molar-refractivity contribution in [3.8, 4) is 11.4 Å². The van der Waals surface area contributed by atoms with Gasteiger partial charge in [0, 0.05) is 36.7 Å². The van der Waals surface area contributed by atoms with E-state index in [1.165, 1.54) is 35.0 Å². The van der Waals surface area contributed by atoms with Gasteiger partial charge in [0.05, 0.1) is 27.9 Å². The SMILES string of the molecule is CC(C)Oc1ccc(S(C)(=O)=O)cc1C(O)N1Cc2cn(-c3cccc(C(F)(F)F)c3)nc2C1. The third-order valence-corrected chi connectivity index (χ3v) is 6.55. The molecule has 0 fully saturated rings. The van der Waals surface area contributed by atoms with Crippen LogP contribution >= 0.6 is 0 Å². The van der Waals surface area contributed by atoms with Crippen LogP contribution < -0.4 is 4.74 Å². The number of rotatable bonds is 6. The maximum Gasteiger partial charge on any atom is 0.416 e. The number of nitrogens with zero attached hydrogens (tertiary/aromatic N) is 3. The topological polar surface area (TPSA) is 84.7 Å². The summed E-state index contributed by atoms with van der Waals surface area (Å²) in [5.74, 6) is 0.369. The number of aliphatic hydroxyl groups is 1. The van der Waals surface area contributed by atoms with Gasteiger partial charge in [-0.25, -0.2) is 13.1 Å². The molecule has 182 valence electrons. The van der Waals surface area contributed by atoms with Crippen molar-refractivity contribution in [2.75, 3.05) is 6.26 Å². The van der Waals surface area contributed by atoms with Gasteiger partial charge in [-0.3, -0.25) is 4.90 Å². The van der Waals surface area contributed by atoms with E-state index in [0.29, 0.717) is 17.0 Å². The van der Waals surface area contributed by atoms with E-state index >= 15 is 0 Å². The van der Waals surface area contributed by atoms with Crippen LogP contribution in [0, 0.1) is 0 Å². The van der Waals surface area contributed by atoms with Crippen LogP contribution in [0.5, 0.6) is 5.75 Å². The van der Waals surface area contributed by atoms with Crippen molar-refractivity contribution in [3.05, 3.63) is 71.0 Å². The zero-order chi connectivity index (χ0) is 24.8. The zero-order valence-electron chi connectivity index (χ0n) is 18.7. The molecule has 2 aromatic carbocycles. The summed E-state index contributed by atoms with van der Waals surface area (Å²) in [5, 5.41) is 15.5. The van der Waals surface area contributed by atoms with Crippen LogP contribution in [0.1, 0.15) is 42.5 Å². The maximum absolute atomic E-state index is 13.0. The van der Waals surface area contributed by atoms with Crippen LogP contribution in [0.4, 0.5) is 13.2 Å². The maximum atomic E-state index is 13.0. The van der Waals surface area contributed by atoms with E-state index in [4.69, 9.17) is 4.74 Å². The number of alkyl halides is 3. The summed E-state index contributed by atoms with van der Waals surface area (Å²) in [7, 11) is -3.50. The molecule has 2 heterocycles. The number of hydrogen-bond acceptors (Lipinski definition) is 6. The number of fused-ring (bicyclic) bond motifs is 1. The summed E-state index contributed by atoms with van der Waals surface area (Å²) in [6.45, 7) is 4.15. The number of halogens is 3. The number of aliphatic hydroxyl groups excluding tert-OH is 1. The van der Waals surface area contributed by atoms with Crippen LogP contribution in [-0.4, -0.2) is 40.6 Å². The van der Waals surface area contributed by atoms with Gasteiger partial charge in [-0.2, -0.15) is 18.3 Å². The number of ether oxygens (including phenoxy) is 1. The number of aromatic nitrogens is 2. The van der Waals surface area contributed by atoms with Crippen LogP contribution in [0.2, 0.25) is 0 Å². The second-order valence-electron chi connectivity index (χ2n) is 8.51. The van der Waals surface area contributed by atoms with Crippen LogP contribution in [0.25, 0.3) is 5.69 Å². The minimum atomic E-state index is -4.46. The van der Waals surface area contributed by atoms with E-state index in [9.17, 15) is 26.7 Å². The second kappa shape index (κ2) is 8.71. The molecule has 0 bridgehead atoms. The van der Waals surface area contributed by atoms with Gasteiger partial charge in [-0.1, -0.05) is 6.07 Å². The Morgan fingerprint density at radius 2 is 1.85 bits per heavy atom. The van der Waals surface area contributed by atoms with Crippen LogP contribution in [0.15, 0.2) is 53.6 Å². The Balaban J connectivity index is 1.59. The van der Waals surface area contributed by atoms with Gasteiger partial charge in [0.2, 0.25) is 0 Å². The Morgan fingerprint density at radius 3 is 2.47 bits per heavy atom. The predicted octanol–water partition coefficient (Wildman–Crippen LogP) is 4.09. The highest BCUT2D eigenvalue weighted by Crippen LogP contribution is 2.36. The van der Waals surface area contributed by atoms with Gasteiger partial charge in [0.15, 0.2) is 9.84 Å². The molecule has 1 unspecified atom stereocenters. The molecule has 1 aliphatic rings.